The molecular formula is C14H18N4O3S2. The van der Waals surface area contributed by atoms with Gasteiger partial charge in [-0.2, -0.15) is 0 Å². The van der Waals surface area contributed by atoms with Crippen LogP contribution in [0.1, 0.15) is 16.3 Å². The molecule has 1 aromatic heterocycles. The SMILES string of the molecule is NCc1nc(CC(=O)NCCc2ccc(S(N)(=O)=O)cc2)cs1. The number of amides is 1. The molecule has 0 atom stereocenters. The van der Waals surface area contributed by atoms with E-state index in [1.807, 2.05) is 5.38 Å². The number of aromatic nitrogens is 1. The summed E-state index contributed by atoms with van der Waals surface area (Å²) in [6.07, 6.45) is 0.822. The van der Waals surface area contributed by atoms with E-state index in [1.165, 1.54) is 23.5 Å². The van der Waals surface area contributed by atoms with E-state index in [4.69, 9.17) is 10.9 Å². The van der Waals surface area contributed by atoms with Crippen LogP contribution in [-0.4, -0.2) is 25.9 Å². The first-order chi connectivity index (χ1) is 10.9. The Morgan fingerprint density at radius 2 is 1.96 bits per heavy atom. The van der Waals surface area contributed by atoms with Crippen molar-refractivity contribution in [3.05, 3.63) is 45.9 Å². The summed E-state index contributed by atoms with van der Waals surface area (Å²) >= 11 is 1.44. The Kier molecular flexibility index (Phi) is 5.83. The lowest BCUT2D eigenvalue weighted by Gasteiger charge is -2.05. The van der Waals surface area contributed by atoms with Crippen LogP contribution in [0.25, 0.3) is 0 Å². The molecule has 0 aliphatic heterocycles. The number of benzene rings is 1. The maximum Gasteiger partial charge on any atom is 0.238 e. The minimum atomic E-state index is -3.67. The summed E-state index contributed by atoms with van der Waals surface area (Å²) in [5.41, 5.74) is 7.10. The number of carbonyl (C=O) groups is 1. The molecule has 5 N–H and O–H groups in total. The topological polar surface area (TPSA) is 128 Å². The molecule has 2 aromatic rings. The Balaban J connectivity index is 1.79. The van der Waals surface area contributed by atoms with Gasteiger partial charge in [-0.1, -0.05) is 12.1 Å². The number of nitrogens with two attached hydrogens (primary N) is 2. The molecular weight excluding hydrogens is 336 g/mol. The van der Waals surface area contributed by atoms with Gasteiger partial charge >= 0.3 is 0 Å². The lowest BCUT2D eigenvalue weighted by Crippen LogP contribution is -2.27. The smallest absolute Gasteiger partial charge is 0.238 e. The summed E-state index contributed by atoms with van der Waals surface area (Å²) in [5.74, 6) is -0.111. The van der Waals surface area contributed by atoms with Gasteiger partial charge in [-0.25, -0.2) is 18.5 Å². The predicted octanol–water partition coefficient (Wildman–Crippen LogP) is 0.151. The quantitative estimate of drug-likeness (QED) is 0.652. The zero-order valence-corrected chi connectivity index (χ0v) is 14.0. The molecule has 9 heteroatoms. The van der Waals surface area contributed by atoms with E-state index in [0.717, 1.165) is 10.6 Å². The van der Waals surface area contributed by atoms with Crippen molar-refractivity contribution in [2.45, 2.75) is 24.3 Å². The minimum Gasteiger partial charge on any atom is -0.355 e. The molecule has 124 valence electrons. The molecule has 1 aromatic carbocycles. The van der Waals surface area contributed by atoms with Crippen molar-refractivity contribution in [2.24, 2.45) is 10.9 Å². The zero-order chi connectivity index (χ0) is 16.9. The first-order valence-corrected chi connectivity index (χ1v) is 9.33. The van der Waals surface area contributed by atoms with Crippen LogP contribution in [0.3, 0.4) is 0 Å². The van der Waals surface area contributed by atoms with E-state index >= 15 is 0 Å². The second kappa shape index (κ2) is 7.64. The molecule has 0 fully saturated rings. The average molecular weight is 354 g/mol. The van der Waals surface area contributed by atoms with Crippen molar-refractivity contribution in [1.29, 1.82) is 0 Å². The van der Waals surface area contributed by atoms with Gasteiger partial charge in [0.2, 0.25) is 15.9 Å². The fourth-order valence-corrected chi connectivity index (χ4v) is 3.13. The molecule has 23 heavy (non-hydrogen) atoms. The average Bonchev–Trinajstić information content (AvgIpc) is 2.94. The van der Waals surface area contributed by atoms with E-state index in [0.29, 0.717) is 25.2 Å². The molecule has 0 spiro atoms. The van der Waals surface area contributed by atoms with E-state index in [-0.39, 0.29) is 17.2 Å². The van der Waals surface area contributed by atoms with E-state index < -0.39 is 10.0 Å². The van der Waals surface area contributed by atoms with Gasteiger partial charge in [0.15, 0.2) is 0 Å². The predicted molar refractivity (Wildman–Crippen MR) is 88.2 cm³/mol. The summed E-state index contributed by atoms with van der Waals surface area (Å²) in [7, 11) is -3.67. The van der Waals surface area contributed by atoms with E-state index in [1.54, 1.807) is 12.1 Å². The summed E-state index contributed by atoms with van der Waals surface area (Å²) < 4.78 is 22.3. The fraction of sp³-hybridized carbons (Fsp3) is 0.286. The van der Waals surface area contributed by atoms with E-state index in [2.05, 4.69) is 10.3 Å². The normalized spacial score (nSPS) is 11.4. The molecule has 7 nitrogen and oxygen atoms in total. The van der Waals surface area contributed by atoms with E-state index in [9.17, 15) is 13.2 Å². The van der Waals surface area contributed by atoms with Crippen LogP contribution in [0.4, 0.5) is 0 Å². The standard InChI is InChI=1S/C14H18N4O3S2/c15-8-14-18-11(9-22-14)7-13(19)17-6-5-10-1-3-12(4-2-10)23(16,20)21/h1-4,9H,5-8,15H2,(H,17,19)(H2,16,20,21). The first kappa shape index (κ1) is 17.5. The van der Waals surface area contributed by atoms with Crippen molar-refractivity contribution in [3.8, 4) is 0 Å². The number of thiazole rings is 1. The molecule has 0 aliphatic rings. The highest BCUT2D eigenvalue weighted by molar-refractivity contribution is 7.89. The number of nitrogens with zero attached hydrogens (tertiary/aromatic N) is 1. The van der Waals surface area contributed by atoms with Crippen LogP contribution >= 0.6 is 11.3 Å². The Morgan fingerprint density at radius 3 is 2.52 bits per heavy atom. The second-order valence-electron chi connectivity index (χ2n) is 4.90. The van der Waals surface area contributed by atoms with Gasteiger partial charge < -0.3 is 11.1 Å². The monoisotopic (exact) mass is 354 g/mol. The third-order valence-electron chi connectivity index (χ3n) is 3.10. The molecule has 1 heterocycles. The van der Waals surface area contributed by atoms with Crippen molar-refractivity contribution in [1.82, 2.24) is 10.3 Å². The number of hydrogen-bond donors (Lipinski definition) is 3. The van der Waals surface area contributed by atoms with Crippen LogP contribution < -0.4 is 16.2 Å². The molecule has 1 amide bonds. The molecule has 0 radical (unpaired) electrons. The second-order valence-corrected chi connectivity index (χ2v) is 7.41. The number of sulfonamides is 1. The molecule has 0 saturated heterocycles. The minimum absolute atomic E-state index is 0.0736. The Bertz CT molecular complexity index is 770. The number of hydrogen-bond acceptors (Lipinski definition) is 6. The Labute approximate surface area is 138 Å². The summed E-state index contributed by atoms with van der Waals surface area (Å²) in [6.45, 7) is 0.836. The van der Waals surface area contributed by atoms with Crippen LogP contribution in [0.15, 0.2) is 34.5 Å². The third kappa shape index (κ3) is 5.39. The molecule has 0 saturated carbocycles. The highest BCUT2D eigenvalue weighted by Gasteiger charge is 2.08. The summed E-state index contributed by atoms with van der Waals surface area (Å²) in [5, 5.41) is 10.5. The van der Waals surface area contributed by atoms with Crippen molar-refractivity contribution in [2.75, 3.05) is 6.54 Å². The Hall–Kier alpha value is -1.81. The number of nitrogens with one attached hydrogen (secondary N) is 1. The Morgan fingerprint density at radius 1 is 1.26 bits per heavy atom. The van der Waals surface area contributed by atoms with Crippen LogP contribution in [0, 0.1) is 0 Å². The van der Waals surface area contributed by atoms with Gasteiger partial charge in [0.05, 0.1) is 17.0 Å². The van der Waals surface area contributed by atoms with Crippen LogP contribution in [0.2, 0.25) is 0 Å². The van der Waals surface area contributed by atoms with Crippen molar-refractivity contribution < 1.29 is 13.2 Å². The van der Waals surface area contributed by atoms with Gasteiger partial charge in [0.25, 0.3) is 0 Å². The number of primary sulfonamides is 1. The van der Waals surface area contributed by atoms with Crippen molar-refractivity contribution >= 4 is 27.3 Å². The van der Waals surface area contributed by atoms with Gasteiger partial charge in [-0.05, 0) is 24.1 Å². The zero-order valence-electron chi connectivity index (χ0n) is 12.4. The lowest BCUT2D eigenvalue weighted by atomic mass is 10.1. The molecule has 0 aliphatic carbocycles. The number of rotatable bonds is 7. The van der Waals surface area contributed by atoms with Gasteiger partial charge in [0.1, 0.15) is 5.01 Å². The maximum absolute atomic E-state index is 11.8. The molecule has 2 rings (SSSR count). The summed E-state index contributed by atoms with van der Waals surface area (Å²) in [6, 6.07) is 6.27. The maximum atomic E-state index is 11.8. The van der Waals surface area contributed by atoms with Gasteiger partial charge in [-0.3, -0.25) is 4.79 Å². The van der Waals surface area contributed by atoms with Gasteiger partial charge in [0, 0.05) is 18.5 Å². The van der Waals surface area contributed by atoms with Crippen LogP contribution in [-0.2, 0) is 34.2 Å². The highest BCUT2D eigenvalue weighted by atomic mass is 32.2. The largest absolute Gasteiger partial charge is 0.355 e. The first-order valence-electron chi connectivity index (χ1n) is 6.90. The highest BCUT2D eigenvalue weighted by Crippen LogP contribution is 2.10. The summed E-state index contributed by atoms with van der Waals surface area (Å²) in [4.78, 5) is 16.1. The fourth-order valence-electron chi connectivity index (χ4n) is 1.94. The number of carbonyl (C=O) groups excluding carboxylic acids is 1. The van der Waals surface area contributed by atoms with Crippen molar-refractivity contribution in [3.63, 3.8) is 0 Å². The lowest BCUT2D eigenvalue weighted by molar-refractivity contribution is -0.120. The van der Waals surface area contributed by atoms with Gasteiger partial charge in [-0.15, -0.1) is 11.3 Å². The van der Waals surface area contributed by atoms with Crippen LogP contribution in [0.5, 0.6) is 0 Å². The molecule has 0 unspecified atom stereocenters. The third-order valence-corrected chi connectivity index (χ3v) is 4.95. The molecule has 0 bridgehead atoms.